The fourth-order valence-electron chi connectivity index (χ4n) is 4.08. The van der Waals surface area contributed by atoms with E-state index in [-0.39, 0.29) is 30.3 Å². The van der Waals surface area contributed by atoms with E-state index in [4.69, 9.17) is 11.6 Å². The summed E-state index contributed by atoms with van der Waals surface area (Å²) in [5, 5.41) is 6.98. The molecule has 2 aliphatic heterocycles. The zero-order chi connectivity index (χ0) is 19.4. The number of amides is 2. The number of halogens is 2. The number of carbonyl (C=O) groups excluding carboxylic acids is 2. The molecular formula is C21H31Cl2N3O2. The zero-order valence-corrected chi connectivity index (χ0v) is 18.2. The largest absolute Gasteiger partial charge is 0.354 e. The van der Waals surface area contributed by atoms with Crippen LogP contribution >= 0.6 is 24.0 Å². The Kier molecular flexibility index (Phi) is 8.17. The molecule has 0 aromatic heterocycles. The Morgan fingerprint density at radius 3 is 2.57 bits per heavy atom. The lowest BCUT2D eigenvalue weighted by molar-refractivity contribution is -0.138. The molecule has 156 valence electrons. The highest BCUT2D eigenvalue weighted by atomic mass is 35.5. The van der Waals surface area contributed by atoms with E-state index in [2.05, 4.69) is 10.6 Å². The number of benzene rings is 1. The van der Waals surface area contributed by atoms with Gasteiger partial charge >= 0.3 is 0 Å². The summed E-state index contributed by atoms with van der Waals surface area (Å²) in [5.74, 6) is 0.546. The van der Waals surface area contributed by atoms with Crippen LogP contribution in [0.2, 0.25) is 5.02 Å². The van der Waals surface area contributed by atoms with Crippen molar-refractivity contribution < 1.29 is 9.59 Å². The van der Waals surface area contributed by atoms with Gasteiger partial charge < -0.3 is 15.5 Å². The topological polar surface area (TPSA) is 61.4 Å². The van der Waals surface area contributed by atoms with Gasteiger partial charge in [0.1, 0.15) is 0 Å². The van der Waals surface area contributed by atoms with Crippen LogP contribution in [-0.4, -0.2) is 48.9 Å². The third kappa shape index (κ3) is 5.40. The summed E-state index contributed by atoms with van der Waals surface area (Å²) in [5.41, 5.74) is 0.378. The normalized spacial score (nSPS) is 22.5. The first kappa shape index (κ1) is 23.0. The molecule has 28 heavy (non-hydrogen) atoms. The van der Waals surface area contributed by atoms with Crippen molar-refractivity contribution in [1.29, 1.82) is 0 Å². The van der Waals surface area contributed by atoms with Crippen LogP contribution in [-0.2, 0) is 15.0 Å². The average Bonchev–Trinajstić information content (AvgIpc) is 3.21. The van der Waals surface area contributed by atoms with E-state index < -0.39 is 5.41 Å². The zero-order valence-electron chi connectivity index (χ0n) is 16.7. The lowest BCUT2D eigenvalue weighted by Gasteiger charge is -2.38. The fraction of sp³-hybridized carbons (Fsp3) is 0.619. The molecule has 3 rings (SSSR count). The maximum absolute atomic E-state index is 13.2. The van der Waals surface area contributed by atoms with Crippen molar-refractivity contribution in [2.45, 2.75) is 51.0 Å². The number of rotatable bonds is 5. The van der Waals surface area contributed by atoms with Gasteiger partial charge in [-0.15, -0.1) is 12.4 Å². The molecule has 7 heteroatoms. The highest BCUT2D eigenvalue weighted by Crippen LogP contribution is 2.29. The van der Waals surface area contributed by atoms with Gasteiger partial charge in [-0.3, -0.25) is 9.59 Å². The van der Waals surface area contributed by atoms with Crippen molar-refractivity contribution in [2.24, 2.45) is 5.92 Å². The minimum Gasteiger partial charge on any atom is -0.354 e. The van der Waals surface area contributed by atoms with Crippen molar-refractivity contribution in [3.05, 3.63) is 34.9 Å². The van der Waals surface area contributed by atoms with E-state index in [9.17, 15) is 9.59 Å². The Hall–Kier alpha value is -1.30. The molecule has 5 nitrogen and oxygen atoms in total. The molecule has 2 heterocycles. The van der Waals surface area contributed by atoms with Crippen LogP contribution in [0.15, 0.2) is 24.3 Å². The lowest BCUT2D eigenvalue weighted by Crippen LogP contribution is -2.50. The number of piperidine rings is 1. The van der Waals surface area contributed by atoms with E-state index in [0.717, 1.165) is 44.3 Å². The van der Waals surface area contributed by atoms with E-state index in [1.54, 1.807) is 0 Å². The Balaban J connectivity index is 0.00000280. The monoisotopic (exact) mass is 427 g/mol. The molecule has 0 bridgehead atoms. The second kappa shape index (κ2) is 9.95. The Morgan fingerprint density at radius 2 is 1.93 bits per heavy atom. The summed E-state index contributed by atoms with van der Waals surface area (Å²) in [6, 6.07) is 7.47. The van der Waals surface area contributed by atoms with Gasteiger partial charge in [-0.25, -0.2) is 0 Å². The molecule has 2 unspecified atom stereocenters. The van der Waals surface area contributed by atoms with Crippen LogP contribution in [0.4, 0.5) is 0 Å². The van der Waals surface area contributed by atoms with Crippen molar-refractivity contribution in [3.8, 4) is 0 Å². The van der Waals surface area contributed by atoms with E-state index in [0.29, 0.717) is 24.0 Å². The molecule has 2 N–H and O–H groups in total. The minimum absolute atomic E-state index is 0. The Labute approximate surface area is 179 Å². The van der Waals surface area contributed by atoms with Crippen LogP contribution in [0.25, 0.3) is 0 Å². The number of hydrogen-bond acceptors (Lipinski definition) is 3. The fourth-order valence-corrected chi connectivity index (χ4v) is 4.20. The van der Waals surface area contributed by atoms with Gasteiger partial charge in [-0.1, -0.05) is 23.7 Å². The summed E-state index contributed by atoms with van der Waals surface area (Å²) in [6.07, 6.45) is 3.99. The van der Waals surface area contributed by atoms with Crippen LogP contribution < -0.4 is 10.6 Å². The Morgan fingerprint density at radius 1 is 1.21 bits per heavy atom. The summed E-state index contributed by atoms with van der Waals surface area (Å²) in [7, 11) is 0. The molecule has 2 atom stereocenters. The highest BCUT2D eigenvalue weighted by molar-refractivity contribution is 6.30. The first-order chi connectivity index (χ1) is 12.9. The number of hydrogen-bond donors (Lipinski definition) is 2. The summed E-state index contributed by atoms with van der Waals surface area (Å²) in [4.78, 5) is 27.4. The molecule has 0 spiro atoms. The number of nitrogens with one attached hydrogen (secondary N) is 2. The van der Waals surface area contributed by atoms with E-state index in [1.807, 2.05) is 43.0 Å². The van der Waals surface area contributed by atoms with Crippen LogP contribution in [0.3, 0.4) is 0 Å². The smallest absolute Gasteiger partial charge is 0.237 e. The molecule has 0 saturated carbocycles. The predicted octanol–water partition coefficient (Wildman–Crippen LogP) is 3.15. The first-order valence-corrected chi connectivity index (χ1v) is 10.3. The van der Waals surface area contributed by atoms with E-state index in [1.165, 1.54) is 0 Å². The maximum atomic E-state index is 13.2. The third-order valence-electron chi connectivity index (χ3n) is 5.85. The van der Waals surface area contributed by atoms with Gasteiger partial charge in [0.05, 0.1) is 11.5 Å². The first-order valence-electron chi connectivity index (χ1n) is 9.94. The van der Waals surface area contributed by atoms with Gasteiger partial charge in [0, 0.05) is 24.7 Å². The van der Waals surface area contributed by atoms with Gasteiger partial charge in [0.25, 0.3) is 0 Å². The number of likely N-dealkylation sites (tertiary alicyclic amines) is 1. The van der Waals surface area contributed by atoms with Crippen molar-refractivity contribution in [3.63, 3.8) is 0 Å². The summed E-state index contributed by atoms with van der Waals surface area (Å²) in [6.45, 7) is 6.98. The Bertz CT molecular complexity index is 673. The van der Waals surface area contributed by atoms with Gasteiger partial charge in [-0.2, -0.15) is 0 Å². The van der Waals surface area contributed by atoms with Crippen molar-refractivity contribution in [2.75, 3.05) is 26.2 Å². The molecule has 1 aromatic carbocycles. The van der Waals surface area contributed by atoms with Crippen LogP contribution in [0.1, 0.15) is 45.1 Å². The SMILES string of the molecule is CC(C)(C(=O)N1CCCC(CNC(=O)C2CCCN2)C1)c1ccc(Cl)cc1.Cl. The van der Waals surface area contributed by atoms with Gasteiger partial charge in [-0.05, 0) is 69.7 Å². The molecule has 2 fully saturated rings. The molecule has 1 aromatic rings. The van der Waals surface area contributed by atoms with Crippen molar-refractivity contribution in [1.82, 2.24) is 15.5 Å². The molecule has 0 radical (unpaired) electrons. The van der Waals surface area contributed by atoms with Gasteiger partial charge in [0.15, 0.2) is 0 Å². The minimum atomic E-state index is -0.594. The number of nitrogens with zero attached hydrogens (tertiary/aromatic N) is 1. The predicted molar refractivity (Wildman–Crippen MR) is 115 cm³/mol. The second-order valence-corrected chi connectivity index (χ2v) is 8.72. The average molecular weight is 428 g/mol. The second-order valence-electron chi connectivity index (χ2n) is 8.29. The molecule has 2 saturated heterocycles. The molecule has 2 aliphatic rings. The third-order valence-corrected chi connectivity index (χ3v) is 6.10. The summed E-state index contributed by atoms with van der Waals surface area (Å²) >= 11 is 5.98. The molecule has 0 aliphatic carbocycles. The maximum Gasteiger partial charge on any atom is 0.237 e. The molecule has 2 amide bonds. The van der Waals surface area contributed by atoms with E-state index >= 15 is 0 Å². The standard InChI is InChI=1S/C21H30ClN3O2.ClH/c1-21(2,16-7-9-17(22)10-8-16)20(27)25-12-4-5-15(14-25)13-24-19(26)18-6-3-11-23-18;/h7-10,15,18,23H,3-6,11-14H2,1-2H3,(H,24,26);1H. The molecular weight excluding hydrogens is 397 g/mol. The quantitative estimate of drug-likeness (QED) is 0.758. The van der Waals surface area contributed by atoms with Gasteiger partial charge in [0.2, 0.25) is 11.8 Å². The lowest BCUT2D eigenvalue weighted by atomic mass is 9.82. The highest BCUT2D eigenvalue weighted by Gasteiger charge is 2.36. The van der Waals surface area contributed by atoms with Crippen molar-refractivity contribution >= 4 is 35.8 Å². The van der Waals surface area contributed by atoms with Crippen LogP contribution in [0, 0.1) is 5.92 Å². The summed E-state index contributed by atoms with van der Waals surface area (Å²) < 4.78 is 0. The number of carbonyl (C=O) groups is 2. The van der Waals surface area contributed by atoms with Crippen LogP contribution in [0.5, 0.6) is 0 Å².